The minimum absolute atomic E-state index is 0.0133. The molecule has 0 aliphatic carbocycles. The van der Waals surface area contributed by atoms with E-state index in [2.05, 4.69) is 50.1 Å². The molecule has 0 amide bonds. The maximum Gasteiger partial charge on any atom is 0.129 e. The van der Waals surface area contributed by atoms with Crippen molar-refractivity contribution in [3.05, 3.63) is 94.1 Å². The van der Waals surface area contributed by atoms with E-state index in [-0.39, 0.29) is 6.61 Å². The predicted octanol–water partition coefficient (Wildman–Crippen LogP) is 4.54. The van der Waals surface area contributed by atoms with E-state index in [1.54, 1.807) is 6.20 Å². The number of hydrogen-bond acceptors (Lipinski definition) is 3. The lowest BCUT2D eigenvalue weighted by Crippen LogP contribution is -2.23. The van der Waals surface area contributed by atoms with E-state index in [1.165, 1.54) is 11.1 Å². The van der Waals surface area contributed by atoms with Gasteiger partial charge in [-0.15, -0.1) is 0 Å². The lowest BCUT2D eigenvalue weighted by Gasteiger charge is -2.25. The molecule has 0 fully saturated rings. The third kappa shape index (κ3) is 4.22. The number of benzene rings is 2. The summed E-state index contributed by atoms with van der Waals surface area (Å²) in [5.41, 5.74) is 3.29. The number of hydrogen-bond donors (Lipinski definition) is 1. The summed E-state index contributed by atoms with van der Waals surface area (Å²) in [6.07, 6.45) is 1.75. The SMILES string of the molecule is OCc1cc(N(Cc2ccccc2)Cc2ccccc2)ncc1Br. The lowest BCUT2D eigenvalue weighted by molar-refractivity contribution is 0.281. The average molecular weight is 383 g/mol. The second-order valence-corrected chi connectivity index (χ2v) is 6.47. The molecule has 0 saturated heterocycles. The summed E-state index contributed by atoms with van der Waals surface area (Å²) in [6.45, 7) is 1.51. The Morgan fingerprint density at radius 3 is 1.92 bits per heavy atom. The lowest BCUT2D eigenvalue weighted by atomic mass is 10.1. The van der Waals surface area contributed by atoms with E-state index in [9.17, 15) is 5.11 Å². The van der Waals surface area contributed by atoms with E-state index < -0.39 is 0 Å². The van der Waals surface area contributed by atoms with Crippen molar-refractivity contribution in [1.82, 2.24) is 4.98 Å². The molecule has 1 N–H and O–H groups in total. The molecule has 0 saturated carbocycles. The van der Waals surface area contributed by atoms with Crippen LogP contribution in [0, 0.1) is 0 Å². The van der Waals surface area contributed by atoms with Crippen LogP contribution in [0.15, 0.2) is 77.4 Å². The summed E-state index contributed by atoms with van der Waals surface area (Å²) in [5, 5.41) is 9.53. The van der Waals surface area contributed by atoms with Gasteiger partial charge in [0, 0.05) is 23.8 Å². The Bertz CT molecular complexity index is 737. The van der Waals surface area contributed by atoms with Gasteiger partial charge in [-0.25, -0.2) is 4.98 Å². The summed E-state index contributed by atoms with van der Waals surface area (Å²) in [5.74, 6) is 0.856. The number of aromatic nitrogens is 1. The molecule has 0 radical (unpaired) electrons. The van der Waals surface area contributed by atoms with Gasteiger partial charge in [-0.05, 0) is 38.7 Å². The van der Waals surface area contributed by atoms with Crippen molar-refractivity contribution >= 4 is 21.7 Å². The molecule has 24 heavy (non-hydrogen) atoms. The van der Waals surface area contributed by atoms with Crippen LogP contribution < -0.4 is 4.90 Å². The molecule has 3 nitrogen and oxygen atoms in total. The van der Waals surface area contributed by atoms with Crippen LogP contribution in [-0.4, -0.2) is 10.1 Å². The number of aliphatic hydroxyl groups excluding tert-OH is 1. The zero-order valence-electron chi connectivity index (χ0n) is 13.3. The van der Waals surface area contributed by atoms with Crippen molar-refractivity contribution in [2.45, 2.75) is 19.7 Å². The molecule has 2 aromatic carbocycles. The number of rotatable bonds is 6. The zero-order chi connectivity index (χ0) is 16.8. The van der Waals surface area contributed by atoms with Crippen LogP contribution in [0.5, 0.6) is 0 Å². The first kappa shape index (κ1) is 16.7. The van der Waals surface area contributed by atoms with Gasteiger partial charge in [0.1, 0.15) is 5.82 Å². The fraction of sp³-hybridized carbons (Fsp3) is 0.150. The fourth-order valence-electron chi connectivity index (χ4n) is 2.59. The standard InChI is InChI=1S/C20H19BrN2O/c21-19-12-22-20(11-18(19)15-24)23(13-16-7-3-1-4-8-16)14-17-9-5-2-6-10-17/h1-12,24H,13-15H2. The summed E-state index contributed by atoms with van der Waals surface area (Å²) in [4.78, 5) is 6.77. The molecular weight excluding hydrogens is 364 g/mol. The van der Waals surface area contributed by atoms with Gasteiger partial charge in [-0.1, -0.05) is 60.7 Å². The van der Waals surface area contributed by atoms with Crippen molar-refractivity contribution in [2.75, 3.05) is 4.90 Å². The summed E-state index contributed by atoms with van der Waals surface area (Å²) < 4.78 is 0.827. The van der Waals surface area contributed by atoms with Crippen LogP contribution in [0.25, 0.3) is 0 Å². The first-order chi connectivity index (χ1) is 11.8. The fourth-order valence-corrected chi connectivity index (χ4v) is 2.93. The van der Waals surface area contributed by atoms with Crippen LogP contribution >= 0.6 is 15.9 Å². The van der Waals surface area contributed by atoms with Gasteiger partial charge >= 0.3 is 0 Å². The molecule has 122 valence electrons. The third-order valence-corrected chi connectivity index (χ3v) is 4.56. The predicted molar refractivity (Wildman–Crippen MR) is 101 cm³/mol. The topological polar surface area (TPSA) is 36.4 Å². The third-order valence-electron chi connectivity index (χ3n) is 3.85. The molecule has 0 spiro atoms. The first-order valence-corrected chi connectivity index (χ1v) is 8.63. The quantitative estimate of drug-likeness (QED) is 0.679. The van der Waals surface area contributed by atoms with E-state index in [0.29, 0.717) is 0 Å². The largest absolute Gasteiger partial charge is 0.392 e. The summed E-state index contributed by atoms with van der Waals surface area (Å²) >= 11 is 3.43. The highest BCUT2D eigenvalue weighted by Crippen LogP contribution is 2.24. The van der Waals surface area contributed by atoms with Gasteiger partial charge in [0.25, 0.3) is 0 Å². The first-order valence-electron chi connectivity index (χ1n) is 7.84. The molecule has 1 heterocycles. The second kappa shape index (κ2) is 8.08. The van der Waals surface area contributed by atoms with Crippen molar-refractivity contribution in [1.29, 1.82) is 0 Å². The van der Waals surface area contributed by atoms with E-state index in [4.69, 9.17) is 0 Å². The smallest absolute Gasteiger partial charge is 0.129 e. The van der Waals surface area contributed by atoms with Gasteiger partial charge < -0.3 is 10.0 Å². The average Bonchev–Trinajstić information content (AvgIpc) is 2.63. The van der Waals surface area contributed by atoms with E-state index >= 15 is 0 Å². The van der Waals surface area contributed by atoms with E-state index in [1.807, 2.05) is 42.5 Å². The Hall–Kier alpha value is -2.17. The maximum atomic E-state index is 9.53. The summed E-state index contributed by atoms with van der Waals surface area (Å²) in [6, 6.07) is 22.6. The zero-order valence-corrected chi connectivity index (χ0v) is 14.9. The minimum atomic E-state index is -0.0133. The molecule has 0 atom stereocenters. The molecular formula is C20H19BrN2O. The molecule has 0 aliphatic heterocycles. The Morgan fingerprint density at radius 2 is 1.42 bits per heavy atom. The molecule has 0 unspecified atom stereocenters. The second-order valence-electron chi connectivity index (χ2n) is 5.62. The van der Waals surface area contributed by atoms with Gasteiger partial charge in [0.15, 0.2) is 0 Å². The molecule has 1 aromatic heterocycles. The van der Waals surface area contributed by atoms with Crippen molar-refractivity contribution < 1.29 is 5.11 Å². The number of nitrogens with zero attached hydrogens (tertiary/aromatic N) is 2. The van der Waals surface area contributed by atoms with Crippen LogP contribution in [0.2, 0.25) is 0 Å². The van der Waals surface area contributed by atoms with Crippen LogP contribution in [0.4, 0.5) is 5.82 Å². The summed E-state index contributed by atoms with van der Waals surface area (Å²) in [7, 11) is 0. The Kier molecular flexibility index (Phi) is 5.62. The van der Waals surface area contributed by atoms with Gasteiger partial charge in [0.2, 0.25) is 0 Å². The number of pyridine rings is 1. The van der Waals surface area contributed by atoms with Gasteiger partial charge in [-0.2, -0.15) is 0 Å². The van der Waals surface area contributed by atoms with Gasteiger partial charge in [0.05, 0.1) is 6.61 Å². The van der Waals surface area contributed by atoms with Crippen LogP contribution in [0.1, 0.15) is 16.7 Å². The Balaban J connectivity index is 1.91. The number of halogens is 1. The molecule has 3 aromatic rings. The number of anilines is 1. The van der Waals surface area contributed by atoms with Crippen molar-refractivity contribution in [2.24, 2.45) is 0 Å². The maximum absolute atomic E-state index is 9.53. The highest BCUT2D eigenvalue weighted by Gasteiger charge is 2.12. The molecule has 0 aliphatic rings. The minimum Gasteiger partial charge on any atom is -0.392 e. The van der Waals surface area contributed by atoms with Crippen molar-refractivity contribution in [3.8, 4) is 0 Å². The van der Waals surface area contributed by atoms with Crippen LogP contribution in [-0.2, 0) is 19.7 Å². The Labute approximate surface area is 150 Å². The van der Waals surface area contributed by atoms with Crippen molar-refractivity contribution in [3.63, 3.8) is 0 Å². The van der Waals surface area contributed by atoms with E-state index in [0.717, 1.165) is 28.9 Å². The molecule has 0 bridgehead atoms. The highest BCUT2D eigenvalue weighted by molar-refractivity contribution is 9.10. The molecule has 4 heteroatoms. The van der Waals surface area contributed by atoms with Crippen LogP contribution in [0.3, 0.4) is 0 Å². The Morgan fingerprint density at radius 1 is 0.875 bits per heavy atom. The molecule has 3 rings (SSSR count). The normalized spacial score (nSPS) is 10.6. The monoisotopic (exact) mass is 382 g/mol. The number of aliphatic hydroxyl groups is 1. The highest BCUT2D eigenvalue weighted by atomic mass is 79.9. The van der Waals surface area contributed by atoms with Gasteiger partial charge in [-0.3, -0.25) is 0 Å².